The van der Waals surface area contributed by atoms with Crippen LogP contribution in [0.25, 0.3) is 0 Å². The summed E-state index contributed by atoms with van der Waals surface area (Å²) < 4.78 is 0. The Morgan fingerprint density at radius 2 is 2.00 bits per heavy atom. The van der Waals surface area contributed by atoms with Gasteiger partial charge in [-0.15, -0.1) is 0 Å². The molecule has 0 aliphatic carbocycles. The molecule has 1 heterocycles. The summed E-state index contributed by atoms with van der Waals surface area (Å²) >= 11 is 0. The molecule has 2 atom stereocenters. The number of nitrogens with zero attached hydrogens (tertiary/aromatic N) is 1. The van der Waals surface area contributed by atoms with E-state index in [4.69, 9.17) is 0 Å². The third-order valence-electron chi connectivity index (χ3n) is 1.57. The lowest BCUT2D eigenvalue weighted by Crippen LogP contribution is -2.09. The molecule has 0 N–H and O–H groups in total. The van der Waals surface area contributed by atoms with Gasteiger partial charge in [0.15, 0.2) is 0 Å². The van der Waals surface area contributed by atoms with Crippen molar-refractivity contribution >= 4 is 0 Å². The van der Waals surface area contributed by atoms with Gasteiger partial charge in [0.05, 0.1) is 0 Å². The Hall–Kier alpha value is -0.0400. The van der Waals surface area contributed by atoms with Crippen molar-refractivity contribution in [1.29, 1.82) is 0 Å². The van der Waals surface area contributed by atoms with E-state index in [-0.39, 0.29) is 0 Å². The van der Waals surface area contributed by atoms with Gasteiger partial charge in [0.1, 0.15) is 0 Å². The van der Waals surface area contributed by atoms with Crippen LogP contribution in [0.5, 0.6) is 0 Å². The van der Waals surface area contributed by atoms with Gasteiger partial charge in [0.2, 0.25) is 0 Å². The van der Waals surface area contributed by atoms with Crippen LogP contribution >= 0.6 is 0 Å². The van der Waals surface area contributed by atoms with Crippen LogP contribution in [-0.4, -0.2) is 23.5 Å². The molecule has 0 aromatic carbocycles. The van der Waals surface area contributed by atoms with Crippen LogP contribution in [0.1, 0.15) is 20.8 Å². The quantitative estimate of drug-likeness (QED) is 0.445. The minimum Gasteiger partial charge on any atom is -0.295 e. The third kappa shape index (κ3) is 0.942. The molecule has 1 saturated heterocycles. The zero-order valence-corrected chi connectivity index (χ0v) is 5.31. The summed E-state index contributed by atoms with van der Waals surface area (Å²) in [6, 6.07) is 1.65. The second kappa shape index (κ2) is 1.48. The molecular weight excluding hydrogens is 86.1 g/mol. The normalized spacial score (nSPS) is 39.4. The predicted molar refractivity (Wildman–Crippen MR) is 31.3 cm³/mol. The average Bonchev–Trinajstić information content (AvgIpc) is 2.17. The number of rotatable bonds is 1. The maximum atomic E-state index is 2.46. The molecule has 0 radical (unpaired) electrons. The average molecular weight is 99.2 g/mol. The molecule has 0 aromatic rings. The third-order valence-corrected chi connectivity index (χ3v) is 1.57. The molecule has 0 bridgehead atoms. The van der Waals surface area contributed by atoms with E-state index in [0.717, 1.165) is 12.1 Å². The van der Waals surface area contributed by atoms with Crippen molar-refractivity contribution in [2.45, 2.75) is 32.9 Å². The van der Waals surface area contributed by atoms with E-state index in [9.17, 15) is 0 Å². The largest absolute Gasteiger partial charge is 0.295 e. The van der Waals surface area contributed by atoms with Gasteiger partial charge in [-0.05, 0) is 20.8 Å². The van der Waals surface area contributed by atoms with E-state index in [1.54, 1.807) is 0 Å². The van der Waals surface area contributed by atoms with Crippen molar-refractivity contribution in [1.82, 2.24) is 4.90 Å². The van der Waals surface area contributed by atoms with E-state index in [1.807, 2.05) is 0 Å². The highest BCUT2D eigenvalue weighted by Gasteiger charge is 2.30. The molecule has 0 spiro atoms. The summed E-state index contributed by atoms with van der Waals surface area (Å²) in [5, 5.41) is 0. The first-order valence-corrected chi connectivity index (χ1v) is 2.97. The Bertz CT molecular complexity index is 68.6. The molecular formula is C6H13N. The fourth-order valence-electron chi connectivity index (χ4n) is 0.978. The van der Waals surface area contributed by atoms with Crippen molar-refractivity contribution in [3.63, 3.8) is 0 Å². The van der Waals surface area contributed by atoms with Gasteiger partial charge >= 0.3 is 0 Å². The molecule has 1 fully saturated rings. The Labute approximate surface area is 45.3 Å². The van der Waals surface area contributed by atoms with E-state index < -0.39 is 0 Å². The molecule has 1 heteroatoms. The Morgan fingerprint density at radius 1 is 1.57 bits per heavy atom. The lowest BCUT2D eigenvalue weighted by atomic mass is 10.4. The van der Waals surface area contributed by atoms with Gasteiger partial charge in [-0.1, -0.05) is 0 Å². The van der Waals surface area contributed by atoms with E-state index in [1.165, 1.54) is 6.54 Å². The van der Waals surface area contributed by atoms with Crippen molar-refractivity contribution in [3.05, 3.63) is 0 Å². The molecule has 1 nitrogen and oxygen atoms in total. The SMILES string of the molecule is CC(C)N1CC1C. The van der Waals surface area contributed by atoms with Crippen molar-refractivity contribution in [2.75, 3.05) is 6.54 Å². The fourth-order valence-corrected chi connectivity index (χ4v) is 0.978. The lowest BCUT2D eigenvalue weighted by molar-refractivity contribution is 0.429. The lowest BCUT2D eigenvalue weighted by Gasteiger charge is -2.02. The summed E-state index contributed by atoms with van der Waals surface area (Å²) in [6.07, 6.45) is 0. The molecule has 42 valence electrons. The van der Waals surface area contributed by atoms with Crippen molar-refractivity contribution < 1.29 is 0 Å². The standard InChI is InChI=1S/C6H13N/c1-5(2)7-4-6(7)3/h5-6H,4H2,1-3H3. The van der Waals surface area contributed by atoms with Gasteiger partial charge in [0, 0.05) is 18.6 Å². The molecule has 7 heavy (non-hydrogen) atoms. The Morgan fingerprint density at radius 3 is 2.00 bits per heavy atom. The van der Waals surface area contributed by atoms with E-state index >= 15 is 0 Å². The number of hydrogen-bond acceptors (Lipinski definition) is 1. The predicted octanol–water partition coefficient (Wildman–Crippen LogP) is 1.10. The molecule has 0 saturated carbocycles. The van der Waals surface area contributed by atoms with Crippen LogP contribution in [0.2, 0.25) is 0 Å². The first-order valence-electron chi connectivity index (χ1n) is 2.97. The van der Waals surface area contributed by atoms with Crippen LogP contribution in [0.15, 0.2) is 0 Å². The van der Waals surface area contributed by atoms with Gasteiger partial charge in [0.25, 0.3) is 0 Å². The Kier molecular flexibility index (Phi) is 1.08. The van der Waals surface area contributed by atoms with Crippen LogP contribution in [0.4, 0.5) is 0 Å². The van der Waals surface area contributed by atoms with Gasteiger partial charge < -0.3 is 0 Å². The van der Waals surface area contributed by atoms with Crippen molar-refractivity contribution in [3.8, 4) is 0 Å². The highest BCUT2D eigenvalue weighted by molar-refractivity contribution is 4.86. The molecule has 0 aromatic heterocycles. The molecule has 0 amide bonds. The smallest absolute Gasteiger partial charge is 0.0198 e. The number of hydrogen-bond donors (Lipinski definition) is 0. The topological polar surface area (TPSA) is 3.01 Å². The maximum absolute atomic E-state index is 2.46. The second-order valence-electron chi connectivity index (χ2n) is 2.64. The van der Waals surface area contributed by atoms with E-state index in [2.05, 4.69) is 25.7 Å². The summed E-state index contributed by atoms with van der Waals surface area (Å²) in [5.74, 6) is 0. The highest BCUT2D eigenvalue weighted by atomic mass is 15.3. The molecule has 2 unspecified atom stereocenters. The van der Waals surface area contributed by atoms with Crippen LogP contribution in [0.3, 0.4) is 0 Å². The summed E-state index contributed by atoms with van der Waals surface area (Å²) in [4.78, 5) is 2.46. The Balaban J connectivity index is 2.20. The monoisotopic (exact) mass is 99.1 g/mol. The summed E-state index contributed by atoms with van der Waals surface area (Å²) in [5.41, 5.74) is 0. The maximum Gasteiger partial charge on any atom is 0.0198 e. The highest BCUT2D eigenvalue weighted by Crippen LogP contribution is 2.18. The fraction of sp³-hybridized carbons (Fsp3) is 1.00. The second-order valence-corrected chi connectivity index (χ2v) is 2.64. The zero-order chi connectivity index (χ0) is 5.44. The first kappa shape index (κ1) is 5.10. The van der Waals surface area contributed by atoms with Gasteiger partial charge in [-0.3, -0.25) is 4.90 Å². The van der Waals surface area contributed by atoms with Crippen LogP contribution in [0, 0.1) is 0 Å². The molecule has 1 aliphatic rings. The molecule has 1 aliphatic heterocycles. The zero-order valence-electron chi connectivity index (χ0n) is 5.31. The molecule has 1 rings (SSSR count). The first-order chi connectivity index (χ1) is 3.22. The summed E-state index contributed by atoms with van der Waals surface area (Å²) in [7, 11) is 0. The minimum atomic E-state index is 0.773. The van der Waals surface area contributed by atoms with Crippen LogP contribution in [-0.2, 0) is 0 Å². The minimum absolute atomic E-state index is 0.773. The van der Waals surface area contributed by atoms with E-state index in [0.29, 0.717) is 0 Å². The van der Waals surface area contributed by atoms with Crippen molar-refractivity contribution in [2.24, 2.45) is 0 Å². The van der Waals surface area contributed by atoms with Gasteiger partial charge in [-0.25, -0.2) is 0 Å². The van der Waals surface area contributed by atoms with Crippen LogP contribution < -0.4 is 0 Å². The summed E-state index contributed by atoms with van der Waals surface area (Å²) in [6.45, 7) is 8.06. The van der Waals surface area contributed by atoms with Gasteiger partial charge in [-0.2, -0.15) is 0 Å².